The van der Waals surface area contributed by atoms with Gasteiger partial charge in [-0.3, -0.25) is 9.69 Å². The van der Waals surface area contributed by atoms with Gasteiger partial charge in [0.25, 0.3) is 5.91 Å². The summed E-state index contributed by atoms with van der Waals surface area (Å²) in [4.78, 5) is 26.8. The number of hydrogen-bond donors (Lipinski definition) is 1. The Hall–Kier alpha value is -1.10. The molecule has 0 aromatic carbocycles. The van der Waals surface area contributed by atoms with Gasteiger partial charge in [0.15, 0.2) is 0 Å². The molecule has 5 heteroatoms. The molecule has 1 N–H and O–H groups in total. The molecule has 1 spiro atoms. The monoisotopic (exact) mass is 294 g/mol. The standard InChI is InChI=1S/C16H26N2O3/c1-2-12-5-8-16(9-6-12)14(19)18(15(20)17-16)13-4-3-10-21-11-7-13/h12-13H,2-11H2,1H3,(H,17,20). The highest BCUT2D eigenvalue weighted by Gasteiger charge is 2.53. The second-order valence-electron chi connectivity index (χ2n) is 6.74. The number of carbonyl (C=O) groups excluding carboxylic acids is 2. The van der Waals surface area contributed by atoms with Crippen molar-refractivity contribution in [1.82, 2.24) is 10.2 Å². The molecule has 3 aliphatic rings. The van der Waals surface area contributed by atoms with Gasteiger partial charge < -0.3 is 10.1 Å². The van der Waals surface area contributed by atoms with Gasteiger partial charge in [-0.15, -0.1) is 0 Å². The molecule has 3 amide bonds. The van der Waals surface area contributed by atoms with E-state index >= 15 is 0 Å². The molecule has 21 heavy (non-hydrogen) atoms. The van der Waals surface area contributed by atoms with Crippen molar-refractivity contribution < 1.29 is 14.3 Å². The summed E-state index contributed by atoms with van der Waals surface area (Å²) in [7, 11) is 0. The van der Waals surface area contributed by atoms with Gasteiger partial charge in [0.2, 0.25) is 0 Å². The highest BCUT2D eigenvalue weighted by atomic mass is 16.5. The molecule has 2 saturated heterocycles. The SMILES string of the molecule is CCC1CCC2(CC1)NC(=O)N(C1CCCOCC1)C2=O. The second-order valence-corrected chi connectivity index (χ2v) is 6.74. The van der Waals surface area contributed by atoms with Crippen molar-refractivity contribution in [3.05, 3.63) is 0 Å². The van der Waals surface area contributed by atoms with E-state index in [2.05, 4.69) is 12.2 Å². The minimum absolute atomic E-state index is 0.0169. The lowest BCUT2D eigenvalue weighted by atomic mass is 9.75. The first kappa shape index (κ1) is 14.8. The molecule has 0 aromatic rings. The summed E-state index contributed by atoms with van der Waals surface area (Å²) in [5.74, 6) is 0.731. The maximum absolute atomic E-state index is 12.9. The number of amides is 3. The number of nitrogens with zero attached hydrogens (tertiary/aromatic N) is 1. The molecular formula is C16H26N2O3. The van der Waals surface area contributed by atoms with E-state index in [-0.39, 0.29) is 18.0 Å². The molecule has 2 aliphatic heterocycles. The van der Waals surface area contributed by atoms with Crippen LogP contribution < -0.4 is 5.32 Å². The smallest absolute Gasteiger partial charge is 0.325 e. The molecule has 2 heterocycles. The largest absolute Gasteiger partial charge is 0.381 e. The van der Waals surface area contributed by atoms with Gasteiger partial charge in [0.05, 0.1) is 0 Å². The number of carbonyl (C=O) groups is 2. The molecule has 0 radical (unpaired) electrons. The Kier molecular flexibility index (Phi) is 4.20. The molecule has 3 fully saturated rings. The van der Waals surface area contributed by atoms with Crippen LogP contribution in [-0.4, -0.2) is 41.6 Å². The average molecular weight is 294 g/mol. The highest BCUT2D eigenvalue weighted by Crippen LogP contribution is 2.38. The van der Waals surface area contributed by atoms with Crippen LogP contribution in [0, 0.1) is 5.92 Å². The average Bonchev–Trinajstić information content (AvgIpc) is 2.69. The van der Waals surface area contributed by atoms with Crippen LogP contribution in [0.5, 0.6) is 0 Å². The van der Waals surface area contributed by atoms with Crippen molar-refractivity contribution in [2.45, 2.75) is 69.9 Å². The highest BCUT2D eigenvalue weighted by molar-refractivity contribution is 6.07. The quantitative estimate of drug-likeness (QED) is 0.796. The Morgan fingerprint density at radius 3 is 2.67 bits per heavy atom. The van der Waals surface area contributed by atoms with Gasteiger partial charge in [0.1, 0.15) is 5.54 Å². The van der Waals surface area contributed by atoms with Crippen molar-refractivity contribution in [1.29, 1.82) is 0 Å². The van der Waals surface area contributed by atoms with E-state index in [4.69, 9.17) is 4.74 Å². The van der Waals surface area contributed by atoms with E-state index in [1.54, 1.807) is 0 Å². The first-order chi connectivity index (χ1) is 10.2. The van der Waals surface area contributed by atoms with E-state index in [9.17, 15) is 9.59 Å². The Morgan fingerprint density at radius 1 is 1.19 bits per heavy atom. The van der Waals surface area contributed by atoms with Crippen molar-refractivity contribution in [2.75, 3.05) is 13.2 Å². The van der Waals surface area contributed by atoms with Gasteiger partial charge >= 0.3 is 6.03 Å². The van der Waals surface area contributed by atoms with E-state index < -0.39 is 5.54 Å². The van der Waals surface area contributed by atoms with Crippen LogP contribution in [0.25, 0.3) is 0 Å². The van der Waals surface area contributed by atoms with E-state index in [1.807, 2.05) is 0 Å². The number of rotatable bonds is 2. The van der Waals surface area contributed by atoms with Gasteiger partial charge in [0, 0.05) is 19.3 Å². The summed E-state index contributed by atoms with van der Waals surface area (Å²) in [5, 5.41) is 3.03. The summed E-state index contributed by atoms with van der Waals surface area (Å²) in [5.41, 5.74) is -0.601. The fourth-order valence-corrected chi connectivity index (χ4v) is 4.04. The summed E-state index contributed by atoms with van der Waals surface area (Å²) in [6.07, 6.45) is 7.42. The van der Waals surface area contributed by atoms with Gasteiger partial charge in [-0.2, -0.15) is 0 Å². The predicted molar refractivity (Wildman–Crippen MR) is 78.8 cm³/mol. The normalized spacial score (nSPS) is 37.7. The maximum atomic E-state index is 12.9. The van der Waals surface area contributed by atoms with Crippen LogP contribution in [0.3, 0.4) is 0 Å². The Balaban J connectivity index is 1.73. The molecule has 1 aliphatic carbocycles. The zero-order chi connectivity index (χ0) is 14.9. The minimum atomic E-state index is -0.601. The molecule has 0 bridgehead atoms. The number of ether oxygens (including phenoxy) is 1. The van der Waals surface area contributed by atoms with Gasteiger partial charge in [-0.05, 0) is 50.9 Å². The van der Waals surface area contributed by atoms with Gasteiger partial charge in [-0.25, -0.2) is 4.79 Å². The van der Waals surface area contributed by atoms with Crippen molar-refractivity contribution in [2.24, 2.45) is 5.92 Å². The first-order valence-electron chi connectivity index (χ1n) is 8.40. The van der Waals surface area contributed by atoms with Crippen LogP contribution in [0.2, 0.25) is 0 Å². The number of imide groups is 1. The minimum Gasteiger partial charge on any atom is -0.381 e. The molecule has 3 rings (SSSR count). The third kappa shape index (κ3) is 2.68. The fraction of sp³-hybridized carbons (Fsp3) is 0.875. The lowest BCUT2D eigenvalue weighted by Gasteiger charge is -2.35. The lowest BCUT2D eigenvalue weighted by Crippen LogP contribution is -2.50. The zero-order valence-corrected chi connectivity index (χ0v) is 12.9. The topological polar surface area (TPSA) is 58.6 Å². The zero-order valence-electron chi connectivity index (χ0n) is 12.9. The second kappa shape index (κ2) is 5.95. The van der Waals surface area contributed by atoms with Gasteiger partial charge in [-0.1, -0.05) is 13.3 Å². The maximum Gasteiger partial charge on any atom is 0.325 e. The summed E-state index contributed by atoms with van der Waals surface area (Å²) >= 11 is 0. The molecule has 1 unspecified atom stereocenters. The van der Waals surface area contributed by atoms with Crippen molar-refractivity contribution in [3.8, 4) is 0 Å². The van der Waals surface area contributed by atoms with Crippen LogP contribution in [-0.2, 0) is 9.53 Å². The molecule has 118 valence electrons. The molecular weight excluding hydrogens is 268 g/mol. The Labute approximate surface area is 126 Å². The van der Waals surface area contributed by atoms with Crippen LogP contribution in [0.1, 0.15) is 58.3 Å². The molecule has 5 nitrogen and oxygen atoms in total. The van der Waals surface area contributed by atoms with E-state index in [0.29, 0.717) is 12.5 Å². The molecule has 1 atom stereocenters. The summed E-state index contributed by atoms with van der Waals surface area (Å²) in [6.45, 7) is 3.59. The van der Waals surface area contributed by atoms with Crippen molar-refractivity contribution in [3.63, 3.8) is 0 Å². The third-order valence-electron chi connectivity index (χ3n) is 5.52. The summed E-state index contributed by atoms with van der Waals surface area (Å²) < 4.78 is 5.45. The first-order valence-corrected chi connectivity index (χ1v) is 8.40. The number of hydrogen-bond acceptors (Lipinski definition) is 3. The Bertz CT molecular complexity index is 408. The van der Waals surface area contributed by atoms with E-state index in [0.717, 1.165) is 51.6 Å². The van der Waals surface area contributed by atoms with Crippen LogP contribution in [0.15, 0.2) is 0 Å². The Morgan fingerprint density at radius 2 is 1.95 bits per heavy atom. The number of urea groups is 1. The predicted octanol–water partition coefficient (Wildman–Crippen LogP) is 2.45. The van der Waals surface area contributed by atoms with E-state index in [1.165, 1.54) is 11.3 Å². The fourth-order valence-electron chi connectivity index (χ4n) is 4.04. The third-order valence-corrected chi connectivity index (χ3v) is 5.52. The molecule has 1 saturated carbocycles. The lowest BCUT2D eigenvalue weighted by molar-refractivity contribution is -0.134. The summed E-state index contributed by atoms with van der Waals surface area (Å²) in [6, 6.07) is -0.162. The van der Waals surface area contributed by atoms with Crippen molar-refractivity contribution >= 4 is 11.9 Å². The molecule has 0 aromatic heterocycles. The van der Waals surface area contributed by atoms with Crippen LogP contribution in [0.4, 0.5) is 4.79 Å². The number of nitrogens with one attached hydrogen (secondary N) is 1. The van der Waals surface area contributed by atoms with Crippen LogP contribution >= 0.6 is 0 Å².